The van der Waals surface area contributed by atoms with Crippen molar-refractivity contribution in [1.29, 1.82) is 0 Å². The number of anilines is 1. The highest BCUT2D eigenvalue weighted by atomic mass is 35.5. The lowest BCUT2D eigenvalue weighted by Gasteiger charge is -2.05. The zero-order chi connectivity index (χ0) is 13.4. The van der Waals surface area contributed by atoms with Gasteiger partial charge >= 0.3 is 0 Å². The van der Waals surface area contributed by atoms with Gasteiger partial charge in [-0.2, -0.15) is 0 Å². The van der Waals surface area contributed by atoms with Crippen molar-refractivity contribution in [2.24, 2.45) is 0 Å². The van der Waals surface area contributed by atoms with Crippen LogP contribution in [0.5, 0.6) is 0 Å². The molecule has 0 radical (unpaired) electrons. The molecule has 0 amide bonds. The Labute approximate surface area is 113 Å². The van der Waals surface area contributed by atoms with Crippen LogP contribution < -0.4 is 5.73 Å². The van der Waals surface area contributed by atoms with E-state index in [2.05, 4.69) is 4.98 Å². The normalized spacial score (nSPS) is 11.3. The first-order valence-electron chi connectivity index (χ1n) is 5.78. The van der Waals surface area contributed by atoms with Gasteiger partial charge in [0.05, 0.1) is 22.3 Å². The van der Waals surface area contributed by atoms with E-state index in [9.17, 15) is 4.39 Å². The third-order valence-corrected chi connectivity index (χ3v) is 3.27. The van der Waals surface area contributed by atoms with Crippen molar-refractivity contribution in [1.82, 2.24) is 9.55 Å². The maximum atomic E-state index is 13.4. The van der Waals surface area contributed by atoms with Crippen LogP contribution in [-0.2, 0) is 13.0 Å². The zero-order valence-electron chi connectivity index (χ0n) is 9.94. The van der Waals surface area contributed by atoms with E-state index in [1.54, 1.807) is 10.8 Å². The summed E-state index contributed by atoms with van der Waals surface area (Å²) in [6.07, 6.45) is 2.30. The number of hydrogen-bond acceptors (Lipinski definition) is 3. The van der Waals surface area contributed by atoms with Gasteiger partial charge in [-0.25, -0.2) is 9.37 Å². The summed E-state index contributed by atoms with van der Waals surface area (Å²) in [5, 5.41) is 0.0617. The Hall–Kier alpha value is -2.01. The third-order valence-electron chi connectivity index (χ3n) is 2.98. The topological polar surface area (TPSA) is 57.0 Å². The molecule has 0 bridgehead atoms. The minimum absolute atomic E-state index is 0.0617. The molecule has 0 aliphatic rings. The van der Waals surface area contributed by atoms with E-state index in [0.29, 0.717) is 24.4 Å². The lowest BCUT2D eigenvalue weighted by atomic mass is 10.3. The molecule has 6 heteroatoms. The standard InChI is InChI=1S/C13H11ClFN3O/c14-9-6-12-11(7-10(9)15)17-13(16)18(12)4-3-8-2-1-5-19-8/h1-2,5-7H,3-4H2,(H2,16,17). The molecule has 0 atom stereocenters. The minimum Gasteiger partial charge on any atom is -0.469 e. The molecule has 2 N–H and O–H groups in total. The predicted octanol–water partition coefficient (Wildman–Crippen LogP) is 3.25. The highest BCUT2D eigenvalue weighted by Crippen LogP contribution is 2.25. The summed E-state index contributed by atoms with van der Waals surface area (Å²) in [4.78, 5) is 4.13. The fourth-order valence-corrected chi connectivity index (χ4v) is 2.21. The van der Waals surface area contributed by atoms with Gasteiger partial charge in [0.2, 0.25) is 5.95 Å². The van der Waals surface area contributed by atoms with Gasteiger partial charge in [-0.1, -0.05) is 11.6 Å². The van der Waals surface area contributed by atoms with Gasteiger partial charge in [-0.3, -0.25) is 0 Å². The first-order chi connectivity index (χ1) is 9.15. The summed E-state index contributed by atoms with van der Waals surface area (Å²) in [6, 6.07) is 6.55. The number of nitrogens with two attached hydrogens (primary N) is 1. The SMILES string of the molecule is Nc1nc2cc(F)c(Cl)cc2n1CCc1ccco1. The Morgan fingerprint density at radius 2 is 2.26 bits per heavy atom. The van der Waals surface area contributed by atoms with Crippen molar-refractivity contribution in [2.45, 2.75) is 13.0 Å². The maximum absolute atomic E-state index is 13.4. The van der Waals surface area contributed by atoms with Crippen molar-refractivity contribution in [3.8, 4) is 0 Å². The molecule has 3 rings (SSSR count). The number of imidazole rings is 1. The fourth-order valence-electron chi connectivity index (χ4n) is 2.05. The van der Waals surface area contributed by atoms with Crippen LogP contribution in [0.25, 0.3) is 11.0 Å². The Kier molecular flexibility index (Phi) is 2.91. The summed E-state index contributed by atoms with van der Waals surface area (Å²) in [5.41, 5.74) is 7.07. The molecule has 2 aromatic heterocycles. The molecule has 19 heavy (non-hydrogen) atoms. The molecule has 0 unspecified atom stereocenters. The maximum Gasteiger partial charge on any atom is 0.201 e. The molecule has 0 spiro atoms. The number of rotatable bonds is 3. The fraction of sp³-hybridized carbons (Fsp3) is 0.154. The Bertz CT molecular complexity index is 721. The molecule has 98 valence electrons. The number of furan rings is 1. The zero-order valence-corrected chi connectivity index (χ0v) is 10.7. The first-order valence-corrected chi connectivity index (χ1v) is 6.16. The number of aryl methyl sites for hydroxylation is 2. The largest absolute Gasteiger partial charge is 0.469 e. The number of aromatic nitrogens is 2. The van der Waals surface area contributed by atoms with Crippen molar-refractivity contribution in [3.05, 3.63) is 47.1 Å². The molecule has 4 nitrogen and oxygen atoms in total. The van der Waals surface area contributed by atoms with Crippen LogP contribution in [0.3, 0.4) is 0 Å². The first kappa shape index (κ1) is 12.0. The second kappa shape index (κ2) is 4.59. The van der Waals surface area contributed by atoms with E-state index in [1.807, 2.05) is 12.1 Å². The van der Waals surface area contributed by atoms with Gasteiger partial charge in [0.1, 0.15) is 11.6 Å². The molecule has 0 aliphatic carbocycles. The summed E-state index contributed by atoms with van der Waals surface area (Å²) < 4.78 is 20.4. The van der Waals surface area contributed by atoms with Crippen LogP contribution in [-0.4, -0.2) is 9.55 Å². The molecular weight excluding hydrogens is 269 g/mol. The second-order valence-corrected chi connectivity index (χ2v) is 4.61. The Balaban J connectivity index is 1.98. The number of halogens is 2. The van der Waals surface area contributed by atoms with Gasteiger partial charge in [0.15, 0.2) is 0 Å². The van der Waals surface area contributed by atoms with E-state index in [4.69, 9.17) is 21.8 Å². The molecule has 0 saturated carbocycles. The van der Waals surface area contributed by atoms with Crippen LogP contribution in [0.1, 0.15) is 5.76 Å². The molecule has 2 heterocycles. The van der Waals surface area contributed by atoms with E-state index < -0.39 is 5.82 Å². The highest BCUT2D eigenvalue weighted by Gasteiger charge is 2.12. The van der Waals surface area contributed by atoms with E-state index in [0.717, 1.165) is 11.3 Å². The van der Waals surface area contributed by atoms with E-state index >= 15 is 0 Å². The molecule has 0 aliphatic heterocycles. The molecule has 0 fully saturated rings. The number of fused-ring (bicyclic) bond motifs is 1. The molecule has 1 aromatic carbocycles. The molecule has 3 aromatic rings. The van der Waals surface area contributed by atoms with Crippen molar-refractivity contribution in [2.75, 3.05) is 5.73 Å². The number of hydrogen-bond donors (Lipinski definition) is 1. The minimum atomic E-state index is -0.496. The smallest absolute Gasteiger partial charge is 0.201 e. The van der Waals surface area contributed by atoms with Crippen LogP contribution in [0.2, 0.25) is 5.02 Å². The summed E-state index contributed by atoms with van der Waals surface area (Å²) >= 11 is 5.79. The molecular formula is C13H11ClFN3O. The molecule has 0 saturated heterocycles. The lowest BCUT2D eigenvalue weighted by molar-refractivity contribution is 0.494. The third kappa shape index (κ3) is 2.17. The van der Waals surface area contributed by atoms with Crippen molar-refractivity contribution >= 4 is 28.6 Å². The summed E-state index contributed by atoms with van der Waals surface area (Å²) in [7, 11) is 0. The van der Waals surface area contributed by atoms with Crippen LogP contribution in [0.15, 0.2) is 34.9 Å². The lowest BCUT2D eigenvalue weighted by Crippen LogP contribution is -2.05. The van der Waals surface area contributed by atoms with Gasteiger partial charge in [0, 0.05) is 19.0 Å². The Morgan fingerprint density at radius 1 is 1.42 bits per heavy atom. The number of benzene rings is 1. The van der Waals surface area contributed by atoms with Crippen molar-refractivity contribution in [3.63, 3.8) is 0 Å². The second-order valence-electron chi connectivity index (χ2n) is 4.21. The monoisotopic (exact) mass is 279 g/mol. The van der Waals surface area contributed by atoms with Gasteiger partial charge in [-0.05, 0) is 18.2 Å². The predicted molar refractivity (Wildman–Crippen MR) is 71.5 cm³/mol. The van der Waals surface area contributed by atoms with Gasteiger partial charge in [0.25, 0.3) is 0 Å². The Morgan fingerprint density at radius 3 is 3.00 bits per heavy atom. The summed E-state index contributed by atoms with van der Waals surface area (Å²) in [6.45, 7) is 0.595. The van der Waals surface area contributed by atoms with Crippen LogP contribution in [0.4, 0.5) is 10.3 Å². The number of nitrogens with zero attached hydrogens (tertiary/aromatic N) is 2. The summed E-state index contributed by atoms with van der Waals surface area (Å²) in [5.74, 6) is 0.697. The van der Waals surface area contributed by atoms with E-state index in [1.165, 1.54) is 12.1 Å². The average molecular weight is 280 g/mol. The van der Waals surface area contributed by atoms with Crippen LogP contribution >= 0.6 is 11.6 Å². The van der Waals surface area contributed by atoms with Crippen molar-refractivity contribution < 1.29 is 8.81 Å². The van der Waals surface area contributed by atoms with Crippen LogP contribution in [0, 0.1) is 5.82 Å². The van der Waals surface area contributed by atoms with Gasteiger partial charge in [-0.15, -0.1) is 0 Å². The van der Waals surface area contributed by atoms with Gasteiger partial charge < -0.3 is 14.7 Å². The highest BCUT2D eigenvalue weighted by molar-refractivity contribution is 6.31. The van der Waals surface area contributed by atoms with E-state index in [-0.39, 0.29) is 5.02 Å². The quantitative estimate of drug-likeness (QED) is 0.801. The number of nitrogen functional groups attached to an aromatic ring is 1. The average Bonchev–Trinajstić information content (AvgIpc) is 2.96.